The van der Waals surface area contributed by atoms with Crippen LogP contribution in [-0.2, 0) is 6.42 Å². The number of hydrogen-bond donors (Lipinski definition) is 1. The molecule has 2 atom stereocenters. The van der Waals surface area contributed by atoms with Crippen molar-refractivity contribution < 1.29 is 0 Å². The molecule has 3 heteroatoms. The summed E-state index contributed by atoms with van der Waals surface area (Å²) in [6, 6.07) is 7.08. The van der Waals surface area contributed by atoms with Gasteiger partial charge in [-0.15, -0.1) is 0 Å². The third-order valence-corrected chi connectivity index (χ3v) is 4.28. The van der Waals surface area contributed by atoms with Crippen LogP contribution < -0.4 is 10.6 Å². The maximum absolute atomic E-state index is 6.25. The second-order valence-corrected chi connectivity index (χ2v) is 5.25. The lowest BCUT2D eigenvalue weighted by Crippen LogP contribution is -2.54. The van der Waals surface area contributed by atoms with Crippen LogP contribution >= 0.6 is 11.6 Å². The lowest BCUT2D eigenvalue weighted by molar-refractivity contribution is 0.372. The first-order valence-electron chi connectivity index (χ1n) is 6.07. The van der Waals surface area contributed by atoms with E-state index < -0.39 is 0 Å². The standard InChI is InChI=1S/C13H17ClN2/c14-10-3-1-5-12-9(10)6-7-13-11(15)4-2-8-16(12)13/h1,3,5,11,13H,2,4,6-8,15H2. The van der Waals surface area contributed by atoms with Gasteiger partial charge in [-0.2, -0.15) is 0 Å². The Morgan fingerprint density at radius 1 is 1.31 bits per heavy atom. The summed E-state index contributed by atoms with van der Waals surface area (Å²) in [4.78, 5) is 2.47. The molecule has 2 nitrogen and oxygen atoms in total. The molecule has 1 fully saturated rings. The Morgan fingerprint density at radius 2 is 2.19 bits per heavy atom. The second-order valence-electron chi connectivity index (χ2n) is 4.84. The number of rotatable bonds is 0. The molecule has 0 saturated carbocycles. The van der Waals surface area contributed by atoms with E-state index >= 15 is 0 Å². The Hall–Kier alpha value is -0.730. The largest absolute Gasteiger partial charge is 0.367 e. The van der Waals surface area contributed by atoms with Crippen LogP contribution in [-0.4, -0.2) is 18.6 Å². The van der Waals surface area contributed by atoms with Crippen molar-refractivity contribution in [3.8, 4) is 0 Å². The normalized spacial score (nSPS) is 28.5. The second kappa shape index (κ2) is 3.94. The Balaban J connectivity index is 2.02. The Kier molecular flexibility index (Phi) is 2.56. The van der Waals surface area contributed by atoms with E-state index in [-0.39, 0.29) is 0 Å². The molecule has 2 aliphatic heterocycles. The lowest BCUT2D eigenvalue weighted by Gasteiger charge is -2.45. The number of fused-ring (bicyclic) bond motifs is 3. The van der Waals surface area contributed by atoms with E-state index in [1.54, 1.807) is 0 Å². The lowest BCUT2D eigenvalue weighted by atomic mass is 9.86. The molecule has 0 bridgehead atoms. The highest BCUT2D eigenvalue weighted by Crippen LogP contribution is 2.38. The molecule has 0 spiro atoms. The van der Waals surface area contributed by atoms with Crippen molar-refractivity contribution in [2.24, 2.45) is 5.73 Å². The van der Waals surface area contributed by atoms with Crippen LogP contribution in [0.25, 0.3) is 0 Å². The van der Waals surface area contributed by atoms with E-state index in [0.29, 0.717) is 12.1 Å². The SMILES string of the molecule is NC1CCCN2c3cccc(Cl)c3CCC12. The predicted octanol–water partition coefficient (Wildman–Crippen LogP) is 2.58. The molecule has 3 rings (SSSR count). The minimum atomic E-state index is 0.334. The molecule has 1 aromatic rings. The monoisotopic (exact) mass is 236 g/mol. The maximum Gasteiger partial charge on any atom is 0.0458 e. The summed E-state index contributed by atoms with van der Waals surface area (Å²) in [5.41, 5.74) is 8.84. The summed E-state index contributed by atoms with van der Waals surface area (Å²) in [5, 5.41) is 0.912. The molecule has 2 aliphatic rings. The first kappa shape index (κ1) is 10.4. The minimum Gasteiger partial charge on any atom is -0.367 e. The number of hydrogen-bond acceptors (Lipinski definition) is 2. The first-order chi connectivity index (χ1) is 7.77. The van der Waals surface area contributed by atoms with Gasteiger partial charge in [0, 0.05) is 29.3 Å². The molecule has 2 N–H and O–H groups in total. The summed E-state index contributed by atoms with van der Waals surface area (Å²) in [5.74, 6) is 0. The summed E-state index contributed by atoms with van der Waals surface area (Å²) < 4.78 is 0. The molecular formula is C13H17ClN2. The molecule has 1 aromatic carbocycles. The van der Waals surface area contributed by atoms with E-state index in [4.69, 9.17) is 17.3 Å². The van der Waals surface area contributed by atoms with Crippen molar-refractivity contribution in [1.29, 1.82) is 0 Å². The van der Waals surface area contributed by atoms with Crippen molar-refractivity contribution in [3.05, 3.63) is 28.8 Å². The van der Waals surface area contributed by atoms with Gasteiger partial charge in [0.2, 0.25) is 0 Å². The van der Waals surface area contributed by atoms with Gasteiger partial charge in [-0.3, -0.25) is 0 Å². The van der Waals surface area contributed by atoms with E-state index in [1.807, 2.05) is 12.1 Å². The van der Waals surface area contributed by atoms with Crippen molar-refractivity contribution in [2.75, 3.05) is 11.4 Å². The highest BCUT2D eigenvalue weighted by Gasteiger charge is 2.33. The Bertz CT molecular complexity index is 405. The number of piperidine rings is 1. The van der Waals surface area contributed by atoms with Gasteiger partial charge in [0.1, 0.15) is 0 Å². The fourth-order valence-electron chi connectivity index (χ4n) is 3.11. The molecule has 1 saturated heterocycles. The van der Waals surface area contributed by atoms with Crippen molar-refractivity contribution in [2.45, 2.75) is 37.8 Å². The van der Waals surface area contributed by atoms with Crippen LogP contribution in [0.3, 0.4) is 0 Å². The zero-order chi connectivity index (χ0) is 11.1. The number of nitrogens with zero attached hydrogens (tertiary/aromatic N) is 1. The topological polar surface area (TPSA) is 29.3 Å². The molecule has 0 radical (unpaired) electrons. The minimum absolute atomic E-state index is 0.334. The van der Waals surface area contributed by atoms with Crippen molar-refractivity contribution in [3.63, 3.8) is 0 Å². The zero-order valence-corrected chi connectivity index (χ0v) is 10.1. The van der Waals surface area contributed by atoms with Crippen LogP contribution in [0, 0.1) is 0 Å². The predicted molar refractivity (Wildman–Crippen MR) is 68.1 cm³/mol. The van der Waals surface area contributed by atoms with E-state index in [2.05, 4.69) is 11.0 Å². The molecule has 16 heavy (non-hydrogen) atoms. The molecule has 0 aliphatic carbocycles. The number of nitrogens with two attached hydrogens (primary N) is 1. The van der Waals surface area contributed by atoms with Gasteiger partial charge in [0.05, 0.1) is 0 Å². The van der Waals surface area contributed by atoms with E-state index in [9.17, 15) is 0 Å². The van der Waals surface area contributed by atoms with Gasteiger partial charge in [-0.25, -0.2) is 0 Å². The fraction of sp³-hybridized carbons (Fsp3) is 0.538. The van der Waals surface area contributed by atoms with Crippen LogP contribution in [0.4, 0.5) is 5.69 Å². The molecule has 0 aromatic heterocycles. The quantitative estimate of drug-likeness (QED) is 0.750. The number of benzene rings is 1. The average Bonchev–Trinajstić information content (AvgIpc) is 2.30. The smallest absolute Gasteiger partial charge is 0.0458 e. The van der Waals surface area contributed by atoms with Gasteiger partial charge >= 0.3 is 0 Å². The van der Waals surface area contributed by atoms with Gasteiger partial charge in [0.15, 0.2) is 0 Å². The highest BCUT2D eigenvalue weighted by molar-refractivity contribution is 6.31. The number of anilines is 1. The van der Waals surface area contributed by atoms with Crippen LogP contribution in [0.5, 0.6) is 0 Å². The fourth-order valence-corrected chi connectivity index (χ4v) is 3.38. The third-order valence-electron chi connectivity index (χ3n) is 3.92. The summed E-state index contributed by atoms with van der Waals surface area (Å²) >= 11 is 6.25. The first-order valence-corrected chi connectivity index (χ1v) is 6.45. The van der Waals surface area contributed by atoms with Crippen molar-refractivity contribution >= 4 is 17.3 Å². The zero-order valence-electron chi connectivity index (χ0n) is 9.32. The van der Waals surface area contributed by atoms with E-state index in [1.165, 1.54) is 17.7 Å². The van der Waals surface area contributed by atoms with Gasteiger partial charge in [-0.05, 0) is 43.4 Å². The Labute approximate surface area is 101 Å². The highest BCUT2D eigenvalue weighted by atomic mass is 35.5. The van der Waals surface area contributed by atoms with E-state index in [0.717, 1.165) is 30.8 Å². The van der Waals surface area contributed by atoms with Crippen LogP contribution in [0.1, 0.15) is 24.8 Å². The van der Waals surface area contributed by atoms with Gasteiger partial charge in [-0.1, -0.05) is 17.7 Å². The van der Waals surface area contributed by atoms with Crippen molar-refractivity contribution in [1.82, 2.24) is 0 Å². The van der Waals surface area contributed by atoms with Gasteiger partial charge in [0.25, 0.3) is 0 Å². The molecule has 2 heterocycles. The van der Waals surface area contributed by atoms with Crippen LogP contribution in [0.2, 0.25) is 5.02 Å². The van der Waals surface area contributed by atoms with Crippen LogP contribution in [0.15, 0.2) is 18.2 Å². The summed E-state index contributed by atoms with van der Waals surface area (Å²) in [6.07, 6.45) is 4.59. The Morgan fingerprint density at radius 3 is 3.06 bits per heavy atom. The summed E-state index contributed by atoms with van der Waals surface area (Å²) in [6.45, 7) is 1.13. The molecule has 0 amide bonds. The third kappa shape index (κ3) is 1.52. The average molecular weight is 237 g/mol. The molecule has 86 valence electrons. The molecule has 2 unspecified atom stereocenters. The van der Waals surface area contributed by atoms with Gasteiger partial charge < -0.3 is 10.6 Å². The maximum atomic E-state index is 6.25. The summed E-state index contributed by atoms with van der Waals surface area (Å²) in [7, 11) is 0. The number of halogens is 1. The molecular weight excluding hydrogens is 220 g/mol.